The van der Waals surface area contributed by atoms with E-state index in [1.165, 1.54) is 12.1 Å². The average Bonchev–Trinajstić information content (AvgIpc) is 2.62. The van der Waals surface area contributed by atoms with Crippen molar-refractivity contribution in [2.24, 2.45) is 0 Å². The summed E-state index contributed by atoms with van der Waals surface area (Å²) in [5, 5.41) is 42.0. The summed E-state index contributed by atoms with van der Waals surface area (Å²) in [5.41, 5.74) is -2.40. The molecule has 28 heavy (non-hydrogen) atoms. The number of non-ortho nitro benzene ring substituents is 1. The second-order valence-corrected chi connectivity index (χ2v) is 5.82. The summed E-state index contributed by atoms with van der Waals surface area (Å²) in [5.74, 6) is -0.928. The number of phenols is 2. The first-order valence-corrected chi connectivity index (χ1v) is 7.69. The van der Waals surface area contributed by atoms with Crippen LogP contribution in [-0.4, -0.2) is 15.1 Å². The summed E-state index contributed by atoms with van der Waals surface area (Å²) >= 11 is 0. The Morgan fingerprint density at radius 1 is 0.929 bits per heavy atom. The minimum atomic E-state index is -4.99. The van der Waals surface area contributed by atoms with Gasteiger partial charge in [-0.05, 0) is 41.0 Å². The molecule has 0 spiro atoms. The third-order valence-electron chi connectivity index (χ3n) is 3.98. The first-order chi connectivity index (χ1) is 13.1. The lowest BCUT2D eigenvalue weighted by Gasteiger charge is -2.13. The molecule has 0 bridgehead atoms. The lowest BCUT2D eigenvalue weighted by molar-refractivity contribution is -0.628. The lowest BCUT2D eigenvalue weighted by atomic mass is 9.96. The van der Waals surface area contributed by atoms with Crippen molar-refractivity contribution in [1.29, 1.82) is 0 Å². The van der Waals surface area contributed by atoms with Gasteiger partial charge in [0.25, 0.3) is 5.69 Å². The van der Waals surface area contributed by atoms with E-state index in [4.69, 9.17) is 0 Å². The highest BCUT2D eigenvalue weighted by atomic mass is 19.4. The maximum Gasteiger partial charge on any atom is 0.479 e. The molecule has 0 aliphatic rings. The van der Waals surface area contributed by atoms with E-state index in [-0.39, 0.29) is 21.4 Å². The molecule has 0 amide bonds. The normalized spacial score (nSPS) is 11.4. The third kappa shape index (κ3) is 3.52. The molecule has 144 valence electrons. The number of phenolic OH excluding ortho intramolecular Hbond substituents is 2. The quantitative estimate of drug-likeness (QED) is 0.230. The van der Waals surface area contributed by atoms with Crippen LogP contribution in [0.2, 0.25) is 0 Å². The highest BCUT2D eigenvalue weighted by Gasteiger charge is 2.43. The molecule has 0 fully saturated rings. The first-order valence-electron chi connectivity index (χ1n) is 7.69. The largest absolute Gasteiger partial charge is 0.618 e. The molecule has 0 saturated heterocycles. The zero-order chi connectivity index (χ0) is 20.6. The van der Waals surface area contributed by atoms with E-state index in [1.807, 2.05) is 0 Å². The molecule has 0 aliphatic heterocycles. The highest BCUT2D eigenvalue weighted by Crippen LogP contribution is 2.39. The number of rotatable bonds is 3. The average molecular weight is 392 g/mol. The van der Waals surface area contributed by atoms with E-state index >= 15 is 0 Å². The van der Waals surface area contributed by atoms with Crippen LogP contribution in [0.15, 0.2) is 54.7 Å². The van der Waals surface area contributed by atoms with Crippen molar-refractivity contribution in [3.8, 4) is 33.8 Å². The fourth-order valence-electron chi connectivity index (χ4n) is 2.74. The van der Waals surface area contributed by atoms with Crippen molar-refractivity contribution in [3.63, 3.8) is 0 Å². The lowest BCUT2D eigenvalue weighted by Crippen LogP contribution is -2.37. The molecule has 2 aromatic carbocycles. The van der Waals surface area contributed by atoms with Gasteiger partial charge in [0.1, 0.15) is 0 Å². The summed E-state index contributed by atoms with van der Waals surface area (Å²) in [6.45, 7) is 0. The number of hydrogen-bond donors (Lipinski definition) is 2. The number of halogens is 3. The standard InChI is InChI=1S/C18H11F3N2O5/c19-18(20,21)17-14(2-1-5-22(17)26)12-6-11(7-13(8-12)23(27)28)10-3-4-15(24)16(25)9-10/h1-9,24-25H. The smallest absolute Gasteiger partial charge is 0.479 e. The molecule has 10 heteroatoms. The van der Waals surface area contributed by atoms with E-state index < -0.39 is 39.5 Å². The summed E-state index contributed by atoms with van der Waals surface area (Å²) in [6.07, 6.45) is -4.30. The van der Waals surface area contributed by atoms with Crippen molar-refractivity contribution in [3.05, 3.63) is 75.7 Å². The fraction of sp³-hybridized carbons (Fsp3) is 0.0556. The molecule has 0 atom stereocenters. The Hall–Kier alpha value is -3.82. The Balaban J connectivity index is 2.29. The van der Waals surface area contributed by atoms with Crippen molar-refractivity contribution in [1.82, 2.24) is 0 Å². The number of benzene rings is 2. The van der Waals surface area contributed by atoms with E-state index in [2.05, 4.69) is 0 Å². The van der Waals surface area contributed by atoms with E-state index in [9.17, 15) is 38.7 Å². The van der Waals surface area contributed by atoms with Gasteiger partial charge in [-0.1, -0.05) is 6.07 Å². The predicted octanol–water partition coefficient (Wildman–Crippen LogP) is 3.99. The van der Waals surface area contributed by atoms with Gasteiger partial charge in [-0.25, -0.2) is 0 Å². The molecule has 3 rings (SSSR count). The molecule has 2 N–H and O–H groups in total. The SMILES string of the molecule is O=[N+]([O-])c1cc(-c2ccc(O)c(O)c2)cc(-c2ccc[n+]([O-])c2C(F)(F)F)c1. The molecule has 0 saturated carbocycles. The summed E-state index contributed by atoms with van der Waals surface area (Å²) in [4.78, 5) is 10.5. The van der Waals surface area contributed by atoms with Gasteiger partial charge in [0.05, 0.1) is 10.5 Å². The van der Waals surface area contributed by atoms with Gasteiger partial charge in [-0.2, -0.15) is 17.9 Å². The first kappa shape index (κ1) is 19.0. The number of nitro benzene ring substituents is 1. The van der Waals surface area contributed by atoms with Crippen molar-refractivity contribution < 1.29 is 33.0 Å². The monoisotopic (exact) mass is 392 g/mol. The number of aromatic nitrogens is 1. The van der Waals surface area contributed by atoms with E-state index in [1.54, 1.807) is 0 Å². The molecule has 1 heterocycles. The number of pyridine rings is 1. The number of aromatic hydroxyl groups is 2. The highest BCUT2D eigenvalue weighted by molar-refractivity contribution is 5.78. The van der Waals surface area contributed by atoms with Gasteiger partial charge in [-0.3, -0.25) is 10.1 Å². The van der Waals surface area contributed by atoms with Gasteiger partial charge < -0.3 is 15.4 Å². The molecule has 3 aromatic rings. The third-order valence-corrected chi connectivity index (χ3v) is 3.98. The second kappa shape index (κ2) is 6.72. The minimum Gasteiger partial charge on any atom is -0.618 e. The Bertz CT molecular complexity index is 1080. The number of nitro groups is 1. The van der Waals surface area contributed by atoms with Gasteiger partial charge in [0, 0.05) is 18.2 Å². The number of nitrogens with zero attached hydrogens (tertiary/aromatic N) is 2. The van der Waals surface area contributed by atoms with Gasteiger partial charge in [0.15, 0.2) is 17.7 Å². The molecular formula is C18H11F3N2O5. The zero-order valence-electron chi connectivity index (χ0n) is 13.8. The Kier molecular flexibility index (Phi) is 4.55. The zero-order valence-corrected chi connectivity index (χ0v) is 13.8. The predicted molar refractivity (Wildman–Crippen MR) is 91.3 cm³/mol. The van der Waals surface area contributed by atoms with Crippen LogP contribution < -0.4 is 4.73 Å². The van der Waals surface area contributed by atoms with Crippen LogP contribution >= 0.6 is 0 Å². The second-order valence-electron chi connectivity index (χ2n) is 5.82. The van der Waals surface area contributed by atoms with Gasteiger partial charge in [0.2, 0.25) is 0 Å². The Morgan fingerprint density at radius 3 is 2.21 bits per heavy atom. The van der Waals surface area contributed by atoms with E-state index in [0.29, 0.717) is 6.20 Å². The number of hydrogen-bond acceptors (Lipinski definition) is 5. The molecule has 7 nitrogen and oxygen atoms in total. The van der Waals surface area contributed by atoms with Crippen molar-refractivity contribution in [2.75, 3.05) is 0 Å². The van der Waals surface area contributed by atoms with Crippen LogP contribution in [0.1, 0.15) is 5.69 Å². The molecule has 1 aromatic heterocycles. The summed E-state index contributed by atoms with van der Waals surface area (Å²) in [7, 11) is 0. The van der Waals surface area contributed by atoms with Crippen molar-refractivity contribution >= 4 is 5.69 Å². The Labute approximate surface area is 155 Å². The van der Waals surface area contributed by atoms with Crippen molar-refractivity contribution in [2.45, 2.75) is 6.18 Å². The Morgan fingerprint density at radius 2 is 1.61 bits per heavy atom. The number of alkyl halides is 3. The van der Waals surface area contributed by atoms with Crippen LogP contribution in [0.3, 0.4) is 0 Å². The summed E-state index contributed by atoms with van der Waals surface area (Å²) in [6, 6.07) is 8.98. The maximum absolute atomic E-state index is 13.4. The topological polar surface area (TPSA) is 111 Å². The van der Waals surface area contributed by atoms with Crippen LogP contribution in [0.25, 0.3) is 22.3 Å². The fourth-order valence-corrected chi connectivity index (χ4v) is 2.74. The molecule has 0 aliphatic carbocycles. The summed E-state index contributed by atoms with van der Waals surface area (Å²) < 4.78 is 39.7. The van der Waals surface area contributed by atoms with Gasteiger partial charge >= 0.3 is 11.9 Å². The van der Waals surface area contributed by atoms with Gasteiger partial charge in [-0.15, -0.1) is 0 Å². The van der Waals surface area contributed by atoms with Crippen LogP contribution in [0.5, 0.6) is 11.5 Å². The molecular weight excluding hydrogens is 381 g/mol. The van der Waals surface area contributed by atoms with E-state index in [0.717, 1.165) is 36.4 Å². The van der Waals surface area contributed by atoms with Crippen LogP contribution in [0, 0.1) is 15.3 Å². The molecule has 0 unspecified atom stereocenters. The minimum absolute atomic E-state index is 0.119. The molecule has 0 radical (unpaired) electrons. The maximum atomic E-state index is 13.4. The van der Waals surface area contributed by atoms with Crippen LogP contribution in [0.4, 0.5) is 18.9 Å². The van der Waals surface area contributed by atoms with Crippen LogP contribution in [-0.2, 0) is 6.18 Å².